The maximum absolute atomic E-state index is 5.77. The van der Waals surface area contributed by atoms with E-state index >= 15 is 0 Å². The van der Waals surface area contributed by atoms with Crippen molar-refractivity contribution in [2.75, 3.05) is 0 Å². The highest BCUT2D eigenvalue weighted by molar-refractivity contribution is 5.35. The van der Waals surface area contributed by atoms with Crippen molar-refractivity contribution >= 4 is 0 Å². The van der Waals surface area contributed by atoms with Gasteiger partial charge in [-0.05, 0) is 18.2 Å². The standard InChI is InChI=1S/C12H11NO2/c1-2-5-10-9(4-1)8-13-12(15-10)11-6-3-7-14-11/h1-7,12-13H,8H2. The van der Waals surface area contributed by atoms with Gasteiger partial charge < -0.3 is 9.15 Å². The Morgan fingerprint density at radius 3 is 2.93 bits per heavy atom. The largest absolute Gasteiger partial charge is 0.467 e. The fourth-order valence-corrected chi connectivity index (χ4v) is 1.74. The first-order chi connectivity index (χ1) is 7.43. The Balaban J connectivity index is 1.89. The Morgan fingerprint density at radius 1 is 1.13 bits per heavy atom. The van der Waals surface area contributed by atoms with Crippen LogP contribution in [0.4, 0.5) is 0 Å². The molecule has 2 aromatic rings. The van der Waals surface area contributed by atoms with Gasteiger partial charge in [-0.25, -0.2) is 0 Å². The molecule has 15 heavy (non-hydrogen) atoms. The number of hydrogen-bond acceptors (Lipinski definition) is 3. The third-order valence-corrected chi connectivity index (χ3v) is 2.50. The summed E-state index contributed by atoms with van der Waals surface area (Å²) < 4.78 is 11.1. The van der Waals surface area contributed by atoms with Crippen LogP contribution in [0.25, 0.3) is 0 Å². The quantitative estimate of drug-likeness (QED) is 0.769. The van der Waals surface area contributed by atoms with E-state index in [9.17, 15) is 0 Å². The first kappa shape index (κ1) is 8.56. The van der Waals surface area contributed by atoms with Gasteiger partial charge in [-0.3, -0.25) is 5.32 Å². The second kappa shape index (κ2) is 3.44. The minimum atomic E-state index is -0.171. The van der Waals surface area contributed by atoms with E-state index < -0.39 is 0 Å². The van der Waals surface area contributed by atoms with Gasteiger partial charge in [0.05, 0.1) is 6.26 Å². The number of nitrogens with one attached hydrogen (secondary N) is 1. The molecule has 0 amide bonds. The predicted molar refractivity (Wildman–Crippen MR) is 55.4 cm³/mol. The summed E-state index contributed by atoms with van der Waals surface area (Å²) in [5.74, 6) is 1.74. The molecule has 3 nitrogen and oxygen atoms in total. The van der Waals surface area contributed by atoms with E-state index in [1.54, 1.807) is 6.26 Å². The smallest absolute Gasteiger partial charge is 0.209 e. The molecule has 0 saturated heterocycles. The van der Waals surface area contributed by atoms with E-state index in [-0.39, 0.29) is 6.23 Å². The molecule has 0 radical (unpaired) electrons. The van der Waals surface area contributed by atoms with Crippen LogP contribution in [-0.2, 0) is 6.54 Å². The Bertz CT molecular complexity index is 450. The lowest BCUT2D eigenvalue weighted by atomic mass is 10.1. The van der Waals surface area contributed by atoms with Gasteiger partial charge in [-0.2, -0.15) is 0 Å². The second-order valence-electron chi connectivity index (χ2n) is 3.50. The molecule has 1 aliphatic heterocycles. The average Bonchev–Trinajstić information content (AvgIpc) is 2.82. The van der Waals surface area contributed by atoms with Crippen molar-refractivity contribution in [3.63, 3.8) is 0 Å². The molecule has 1 aliphatic rings. The molecule has 1 aromatic heterocycles. The van der Waals surface area contributed by atoms with E-state index in [0.717, 1.165) is 18.1 Å². The van der Waals surface area contributed by atoms with Crippen molar-refractivity contribution in [2.24, 2.45) is 0 Å². The number of benzene rings is 1. The molecule has 3 heteroatoms. The number of furan rings is 1. The van der Waals surface area contributed by atoms with Crippen molar-refractivity contribution in [3.8, 4) is 5.75 Å². The molecule has 1 N–H and O–H groups in total. The van der Waals surface area contributed by atoms with Crippen LogP contribution in [0.15, 0.2) is 47.1 Å². The number of ether oxygens (including phenoxy) is 1. The summed E-state index contributed by atoms with van der Waals surface area (Å²) >= 11 is 0. The zero-order chi connectivity index (χ0) is 10.1. The molecule has 2 heterocycles. The first-order valence-electron chi connectivity index (χ1n) is 4.95. The normalized spacial score (nSPS) is 19.3. The van der Waals surface area contributed by atoms with Gasteiger partial charge in [0.1, 0.15) is 5.75 Å². The third-order valence-electron chi connectivity index (χ3n) is 2.50. The van der Waals surface area contributed by atoms with Gasteiger partial charge >= 0.3 is 0 Å². The molecule has 1 aromatic carbocycles. The Kier molecular flexibility index (Phi) is 1.96. The van der Waals surface area contributed by atoms with E-state index in [4.69, 9.17) is 9.15 Å². The SMILES string of the molecule is c1coc(C2NCc3ccccc3O2)c1. The maximum Gasteiger partial charge on any atom is 0.209 e. The lowest BCUT2D eigenvalue weighted by Crippen LogP contribution is -2.30. The van der Waals surface area contributed by atoms with Crippen LogP contribution in [0.5, 0.6) is 5.75 Å². The fraction of sp³-hybridized carbons (Fsp3) is 0.167. The maximum atomic E-state index is 5.77. The molecule has 0 saturated carbocycles. The zero-order valence-electron chi connectivity index (χ0n) is 8.14. The second-order valence-corrected chi connectivity index (χ2v) is 3.50. The Morgan fingerprint density at radius 2 is 2.07 bits per heavy atom. The lowest BCUT2D eigenvalue weighted by Gasteiger charge is -2.25. The number of para-hydroxylation sites is 1. The van der Waals surface area contributed by atoms with E-state index in [0.29, 0.717) is 0 Å². The van der Waals surface area contributed by atoms with E-state index in [2.05, 4.69) is 11.4 Å². The van der Waals surface area contributed by atoms with Gasteiger partial charge in [0.25, 0.3) is 0 Å². The molecule has 1 unspecified atom stereocenters. The Hall–Kier alpha value is -1.74. The molecule has 0 bridgehead atoms. The van der Waals surface area contributed by atoms with Crippen LogP contribution in [0.3, 0.4) is 0 Å². The number of fused-ring (bicyclic) bond motifs is 1. The topological polar surface area (TPSA) is 34.4 Å². The van der Waals surface area contributed by atoms with Crippen LogP contribution >= 0.6 is 0 Å². The lowest BCUT2D eigenvalue weighted by molar-refractivity contribution is 0.120. The summed E-state index contributed by atoms with van der Waals surface area (Å²) in [6.45, 7) is 0.807. The van der Waals surface area contributed by atoms with E-state index in [1.165, 1.54) is 5.56 Å². The molecular formula is C12H11NO2. The first-order valence-corrected chi connectivity index (χ1v) is 4.95. The summed E-state index contributed by atoms with van der Waals surface area (Å²) in [5.41, 5.74) is 1.18. The van der Waals surface area contributed by atoms with E-state index in [1.807, 2.05) is 30.3 Å². The van der Waals surface area contributed by atoms with Gasteiger partial charge in [0.2, 0.25) is 6.23 Å². The molecule has 0 spiro atoms. The van der Waals surface area contributed by atoms with Crippen molar-refractivity contribution < 1.29 is 9.15 Å². The van der Waals surface area contributed by atoms with Crippen molar-refractivity contribution in [2.45, 2.75) is 12.8 Å². The molecular weight excluding hydrogens is 190 g/mol. The predicted octanol–water partition coefficient (Wildman–Crippen LogP) is 2.46. The van der Waals surface area contributed by atoms with Crippen LogP contribution in [0.1, 0.15) is 17.6 Å². The minimum Gasteiger partial charge on any atom is -0.467 e. The molecule has 0 fully saturated rings. The Labute approximate surface area is 87.7 Å². The van der Waals surface area contributed by atoms with Crippen LogP contribution in [0, 0.1) is 0 Å². The number of rotatable bonds is 1. The highest BCUT2D eigenvalue weighted by Gasteiger charge is 2.21. The summed E-state index contributed by atoms with van der Waals surface area (Å²) in [6, 6.07) is 11.8. The van der Waals surface area contributed by atoms with Gasteiger partial charge in [0.15, 0.2) is 5.76 Å². The van der Waals surface area contributed by atoms with Gasteiger partial charge in [0, 0.05) is 12.1 Å². The molecule has 1 atom stereocenters. The zero-order valence-corrected chi connectivity index (χ0v) is 8.14. The summed E-state index contributed by atoms with van der Waals surface area (Å²) in [4.78, 5) is 0. The molecule has 76 valence electrons. The van der Waals surface area contributed by atoms with Crippen LogP contribution < -0.4 is 10.1 Å². The summed E-state index contributed by atoms with van der Waals surface area (Å²) in [6.07, 6.45) is 1.48. The van der Waals surface area contributed by atoms with Crippen LogP contribution in [-0.4, -0.2) is 0 Å². The summed E-state index contributed by atoms with van der Waals surface area (Å²) in [5, 5.41) is 3.26. The fourth-order valence-electron chi connectivity index (χ4n) is 1.74. The summed E-state index contributed by atoms with van der Waals surface area (Å²) in [7, 11) is 0. The minimum absolute atomic E-state index is 0.171. The van der Waals surface area contributed by atoms with Gasteiger partial charge in [-0.1, -0.05) is 18.2 Å². The number of hydrogen-bond donors (Lipinski definition) is 1. The van der Waals surface area contributed by atoms with Crippen molar-refractivity contribution in [1.82, 2.24) is 5.32 Å². The average molecular weight is 201 g/mol. The van der Waals surface area contributed by atoms with Crippen LogP contribution in [0.2, 0.25) is 0 Å². The van der Waals surface area contributed by atoms with Gasteiger partial charge in [-0.15, -0.1) is 0 Å². The molecule has 3 rings (SSSR count). The third kappa shape index (κ3) is 1.51. The molecule has 0 aliphatic carbocycles. The highest BCUT2D eigenvalue weighted by Crippen LogP contribution is 2.28. The highest BCUT2D eigenvalue weighted by atomic mass is 16.5. The van der Waals surface area contributed by atoms with Crippen molar-refractivity contribution in [3.05, 3.63) is 54.0 Å². The van der Waals surface area contributed by atoms with Crippen molar-refractivity contribution in [1.29, 1.82) is 0 Å². The monoisotopic (exact) mass is 201 g/mol.